The first kappa shape index (κ1) is 34.5. The van der Waals surface area contributed by atoms with Crippen molar-refractivity contribution in [2.45, 2.75) is 65.5 Å². The van der Waals surface area contributed by atoms with Crippen LogP contribution in [0.5, 0.6) is 0 Å². The number of nitriles is 1. The smallest absolute Gasteiger partial charge is 0.397 e. The van der Waals surface area contributed by atoms with Gasteiger partial charge in [0.15, 0.2) is 10.2 Å². The average molecular weight is 645 g/mol. The van der Waals surface area contributed by atoms with Crippen molar-refractivity contribution in [3.05, 3.63) is 30.1 Å². The summed E-state index contributed by atoms with van der Waals surface area (Å²) in [4.78, 5) is 24.5. The largest absolute Gasteiger partial charge is 0.475 e. The van der Waals surface area contributed by atoms with Crippen molar-refractivity contribution in [1.29, 1.82) is 5.26 Å². The first-order valence-electron chi connectivity index (χ1n) is 13.0. The summed E-state index contributed by atoms with van der Waals surface area (Å²) < 4.78 is 37.0. The summed E-state index contributed by atoms with van der Waals surface area (Å²) in [7, 11) is -4.37. The number of nitrogens with zero attached hydrogens (tertiary/aromatic N) is 3. The Morgan fingerprint density at radius 1 is 1.12 bits per heavy atom. The van der Waals surface area contributed by atoms with E-state index >= 15 is 0 Å². The topological polar surface area (TPSA) is 196 Å². The third kappa shape index (κ3) is 7.74. The molecule has 13 nitrogen and oxygen atoms in total. The Labute approximate surface area is 253 Å². The Morgan fingerprint density at radius 3 is 2.38 bits per heavy atom. The molecule has 0 aromatic carbocycles. The van der Waals surface area contributed by atoms with E-state index in [1.807, 2.05) is 6.07 Å². The predicted octanol–water partition coefficient (Wildman–Crippen LogP) is 3.48. The first-order valence-corrected chi connectivity index (χ1v) is 16.4. The van der Waals surface area contributed by atoms with Gasteiger partial charge in [-0.25, -0.2) is 9.08 Å². The van der Waals surface area contributed by atoms with Gasteiger partial charge in [-0.3, -0.25) is 23.2 Å². The maximum absolute atomic E-state index is 13.5. The number of carbonyl (C=O) groups is 2. The SMILES string of the molecule is CC(C)(C)C(=O)SCCOP(=O)(OCSC(=O)C(C)(C)C)OC[C@H]1O[C@@](C#N)(c2ccc3c(N)ccnn23)[C@H](O)[C@@H]1O. The number of thioether (sulfide) groups is 2. The molecular formula is C26H37N4O9PS2. The number of ether oxygens (including phenoxy) is 1. The lowest BCUT2D eigenvalue weighted by Crippen LogP contribution is -2.41. The van der Waals surface area contributed by atoms with Crippen LogP contribution in [0.2, 0.25) is 0 Å². The van der Waals surface area contributed by atoms with Crippen LogP contribution in [-0.4, -0.2) is 73.3 Å². The van der Waals surface area contributed by atoms with E-state index in [0.29, 0.717) is 11.2 Å². The van der Waals surface area contributed by atoms with Crippen LogP contribution in [0.4, 0.5) is 5.69 Å². The minimum atomic E-state index is -4.37. The van der Waals surface area contributed by atoms with Crippen molar-refractivity contribution in [3.63, 3.8) is 0 Å². The highest BCUT2D eigenvalue weighted by Gasteiger charge is 2.58. The number of fused-ring (bicyclic) bond motifs is 1. The van der Waals surface area contributed by atoms with Gasteiger partial charge in [-0.2, -0.15) is 10.4 Å². The zero-order valence-corrected chi connectivity index (χ0v) is 26.8. The van der Waals surface area contributed by atoms with Crippen LogP contribution in [0, 0.1) is 22.2 Å². The Kier molecular flexibility index (Phi) is 11.0. The van der Waals surface area contributed by atoms with Crippen molar-refractivity contribution in [1.82, 2.24) is 9.61 Å². The van der Waals surface area contributed by atoms with Gasteiger partial charge < -0.3 is 20.7 Å². The average Bonchev–Trinajstić information content (AvgIpc) is 3.45. The molecule has 16 heteroatoms. The van der Waals surface area contributed by atoms with Crippen LogP contribution in [0.3, 0.4) is 0 Å². The number of phosphoric ester groups is 1. The number of nitrogen functional groups attached to an aromatic ring is 1. The van der Waals surface area contributed by atoms with Gasteiger partial charge in [-0.1, -0.05) is 65.1 Å². The second kappa shape index (κ2) is 13.3. The monoisotopic (exact) mass is 644 g/mol. The van der Waals surface area contributed by atoms with Gasteiger partial charge in [0.2, 0.25) is 5.60 Å². The van der Waals surface area contributed by atoms with Crippen LogP contribution in [0.1, 0.15) is 47.2 Å². The van der Waals surface area contributed by atoms with E-state index in [4.69, 9.17) is 24.0 Å². The Balaban J connectivity index is 1.75. The zero-order chi connectivity index (χ0) is 31.5. The van der Waals surface area contributed by atoms with Gasteiger partial charge >= 0.3 is 7.82 Å². The van der Waals surface area contributed by atoms with Crippen LogP contribution in [-0.2, 0) is 38.1 Å². The molecule has 42 heavy (non-hydrogen) atoms. The van der Waals surface area contributed by atoms with E-state index < -0.39 is 49.2 Å². The molecule has 0 bridgehead atoms. The van der Waals surface area contributed by atoms with Crippen LogP contribution in [0.25, 0.3) is 5.52 Å². The number of aliphatic hydroxyl groups is 2. The third-order valence-electron chi connectivity index (χ3n) is 6.18. The summed E-state index contributed by atoms with van der Waals surface area (Å²) in [5, 5.41) is 35.7. The summed E-state index contributed by atoms with van der Waals surface area (Å²) in [6, 6.07) is 6.59. The van der Waals surface area contributed by atoms with Gasteiger partial charge in [0.25, 0.3) is 0 Å². The van der Waals surface area contributed by atoms with Crippen molar-refractivity contribution < 1.29 is 42.7 Å². The van der Waals surface area contributed by atoms with Gasteiger partial charge in [0.1, 0.15) is 30.3 Å². The molecule has 0 aliphatic carbocycles. The second-order valence-corrected chi connectivity index (χ2v) is 15.3. The number of aromatic nitrogens is 2. The lowest BCUT2D eigenvalue weighted by Gasteiger charge is -2.24. The molecule has 1 aliphatic rings. The fraction of sp³-hybridized carbons (Fsp3) is 0.615. The molecule has 0 spiro atoms. The summed E-state index contributed by atoms with van der Waals surface area (Å²) in [5.74, 6) is -0.208. The molecule has 3 heterocycles. The summed E-state index contributed by atoms with van der Waals surface area (Å²) >= 11 is 1.78. The maximum atomic E-state index is 13.5. The predicted molar refractivity (Wildman–Crippen MR) is 158 cm³/mol. The zero-order valence-electron chi connectivity index (χ0n) is 24.3. The quantitative estimate of drug-likeness (QED) is 0.183. The van der Waals surface area contributed by atoms with Crippen molar-refractivity contribution in [2.75, 3.05) is 30.6 Å². The lowest BCUT2D eigenvalue weighted by molar-refractivity contribution is -0.118. The minimum Gasteiger partial charge on any atom is -0.397 e. The number of aliphatic hydroxyl groups excluding tert-OH is 2. The van der Waals surface area contributed by atoms with Crippen molar-refractivity contribution in [2.24, 2.45) is 10.8 Å². The number of hydrogen-bond donors (Lipinski definition) is 3. The molecule has 2 aromatic heterocycles. The van der Waals surface area contributed by atoms with Gasteiger partial charge in [-0.15, -0.1) is 0 Å². The number of nitrogens with two attached hydrogens (primary N) is 1. The van der Waals surface area contributed by atoms with Gasteiger partial charge in [0.05, 0.1) is 30.1 Å². The van der Waals surface area contributed by atoms with E-state index in [2.05, 4.69) is 5.10 Å². The molecule has 0 radical (unpaired) electrons. The highest BCUT2D eigenvalue weighted by Crippen LogP contribution is 2.51. The Morgan fingerprint density at radius 2 is 1.76 bits per heavy atom. The molecule has 5 atom stereocenters. The van der Waals surface area contributed by atoms with Crippen LogP contribution < -0.4 is 5.73 Å². The van der Waals surface area contributed by atoms with Crippen LogP contribution in [0.15, 0.2) is 24.4 Å². The number of carbonyl (C=O) groups excluding carboxylic acids is 2. The molecule has 3 rings (SSSR count). The molecule has 4 N–H and O–H groups in total. The van der Waals surface area contributed by atoms with E-state index in [-0.39, 0.29) is 34.2 Å². The van der Waals surface area contributed by atoms with E-state index in [1.54, 1.807) is 53.7 Å². The molecule has 0 amide bonds. The fourth-order valence-corrected chi connectivity index (χ4v) is 6.82. The highest BCUT2D eigenvalue weighted by atomic mass is 32.2. The summed E-state index contributed by atoms with van der Waals surface area (Å²) in [6.07, 6.45) is -3.30. The fourth-order valence-electron chi connectivity index (χ4n) is 3.77. The normalized spacial score (nSPS) is 24.4. The highest BCUT2D eigenvalue weighted by molar-refractivity contribution is 8.14. The molecule has 1 aliphatic heterocycles. The molecule has 1 saturated heterocycles. The van der Waals surface area contributed by atoms with Crippen LogP contribution >= 0.6 is 31.3 Å². The number of hydrogen-bond acceptors (Lipinski definition) is 14. The molecule has 1 fully saturated rings. The number of anilines is 1. The second-order valence-electron chi connectivity index (χ2n) is 11.6. The van der Waals surface area contributed by atoms with Crippen molar-refractivity contribution in [3.8, 4) is 6.07 Å². The Bertz CT molecular complexity index is 1380. The third-order valence-corrected chi connectivity index (χ3v) is 10.1. The number of phosphoric acid groups is 1. The maximum Gasteiger partial charge on any atom is 0.475 e. The molecule has 2 aromatic rings. The summed E-state index contributed by atoms with van der Waals surface area (Å²) in [6.45, 7) is 9.69. The number of rotatable bonds is 11. The first-order chi connectivity index (χ1) is 19.4. The van der Waals surface area contributed by atoms with E-state index in [1.165, 1.54) is 16.8 Å². The summed E-state index contributed by atoms with van der Waals surface area (Å²) in [5.41, 5.74) is 3.62. The standard InChI is InChI=1S/C26H37N4O9PS2/c1-24(2,3)22(33)41-12-11-36-40(35,38-15-42-23(34)25(4,5)6)37-13-18-20(31)21(32)26(14-27,39-18)19-8-7-17-16(28)9-10-29-30(17)19/h7-10,18,20-21,31-32H,11-13,15,28H2,1-6H3/t18-,20-,21-,26+,40?/m1/s1. The lowest BCUT2D eigenvalue weighted by atomic mass is 9.92. The Hall–Kier alpha value is -1.99. The molecule has 1 unspecified atom stereocenters. The van der Waals surface area contributed by atoms with E-state index in [0.717, 1.165) is 23.5 Å². The van der Waals surface area contributed by atoms with Gasteiger partial charge in [0, 0.05) is 22.8 Å². The molecule has 0 saturated carbocycles. The van der Waals surface area contributed by atoms with E-state index in [9.17, 15) is 29.6 Å². The van der Waals surface area contributed by atoms with Gasteiger partial charge in [-0.05, 0) is 18.2 Å². The molecule has 232 valence electrons. The molecular weight excluding hydrogens is 607 g/mol. The van der Waals surface area contributed by atoms with Crippen molar-refractivity contribution >= 4 is 52.8 Å². The minimum absolute atomic E-state index is 0.0902.